The molecular weight excluding hydrogens is 308 g/mol. The molecule has 25 heavy (non-hydrogen) atoms. The molecule has 0 fully saturated rings. The summed E-state index contributed by atoms with van der Waals surface area (Å²) in [5, 5.41) is 0. The van der Waals surface area contributed by atoms with Gasteiger partial charge in [0.2, 0.25) is 0 Å². The van der Waals surface area contributed by atoms with E-state index in [9.17, 15) is 0 Å². The number of hydrogen-bond acceptors (Lipinski definition) is 2. The van der Waals surface area contributed by atoms with Gasteiger partial charge in [-0.3, -0.25) is 0 Å². The molecule has 2 rings (SSSR count). The highest BCUT2D eigenvalue weighted by atomic mass is 16.5. The van der Waals surface area contributed by atoms with E-state index in [1.807, 2.05) is 51.1 Å². The number of hydrogen-bond donors (Lipinski definition) is 0. The van der Waals surface area contributed by atoms with E-state index >= 15 is 0 Å². The third-order valence-electron chi connectivity index (χ3n) is 3.38. The zero-order chi connectivity index (χ0) is 18.7. The summed E-state index contributed by atoms with van der Waals surface area (Å²) < 4.78 is 11.0. The van der Waals surface area contributed by atoms with Gasteiger partial charge in [-0.1, -0.05) is 55.5 Å². The number of rotatable bonds is 7. The van der Waals surface area contributed by atoms with Crippen LogP contribution in [0.25, 0.3) is 5.57 Å². The van der Waals surface area contributed by atoms with Gasteiger partial charge in [0.05, 0.1) is 12.7 Å². The summed E-state index contributed by atoms with van der Waals surface area (Å²) in [5.41, 5.74) is 4.69. The minimum atomic E-state index is 0.217. The molecule has 0 radical (unpaired) electrons. The molecule has 2 aromatic carbocycles. The molecule has 0 aromatic heterocycles. The predicted octanol–water partition coefficient (Wildman–Crippen LogP) is 6.43. The van der Waals surface area contributed by atoms with E-state index in [1.54, 1.807) is 0 Å². The Morgan fingerprint density at radius 1 is 1.08 bits per heavy atom. The van der Waals surface area contributed by atoms with Crippen LogP contribution in [0.4, 0.5) is 0 Å². The van der Waals surface area contributed by atoms with Crippen molar-refractivity contribution >= 4 is 5.57 Å². The molecule has 0 aliphatic rings. The second kappa shape index (κ2) is 11.5. The van der Waals surface area contributed by atoms with Gasteiger partial charge in [0.1, 0.15) is 5.75 Å². The lowest BCUT2D eigenvalue weighted by molar-refractivity contribution is 0.121. The maximum atomic E-state index is 5.64. The highest BCUT2D eigenvalue weighted by molar-refractivity contribution is 5.63. The Hall–Kier alpha value is -2.06. The van der Waals surface area contributed by atoms with Crippen molar-refractivity contribution < 1.29 is 9.47 Å². The fourth-order valence-electron chi connectivity index (χ4n) is 2.24. The number of benzene rings is 2. The van der Waals surface area contributed by atoms with Crippen LogP contribution in [-0.2, 0) is 11.3 Å². The first-order chi connectivity index (χ1) is 11.9. The summed E-state index contributed by atoms with van der Waals surface area (Å²) in [6.07, 6.45) is 1.31. The molecule has 0 aliphatic carbocycles. The molecule has 0 bridgehead atoms. The molecule has 0 unspecified atom stereocenters. The molecule has 0 aliphatic heterocycles. The number of aryl methyl sites for hydroxylation is 1. The average molecular weight is 341 g/mol. The van der Waals surface area contributed by atoms with Crippen molar-refractivity contribution in [2.24, 2.45) is 0 Å². The first-order valence-corrected chi connectivity index (χ1v) is 8.98. The summed E-state index contributed by atoms with van der Waals surface area (Å²) in [6, 6.07) is 16.4. The second-order valence-electron chi connectivity index (χ2n) is 6.52. The topological polar surface area (TPSA) is 18.5 Å². The van der Waals surface area contributed by atoms with Crippen molar-refractivity contribution in [2.75, 3.05) is 6.61 Å². The van der Waals surface area contributed by atoms with Gasteiger partial charge in [-0.15, -0.1) is 0 Å². The van der Waals surface area contributed by atoms with E-state index in [1.165, 1.54) is 11.1 Å². The Morgan fingerprint density at radius 2 is 1.76 bits per heavy atom. The van der Waals surface area contributed by atoms with E-state index in [-0.39, 0.29) is 6.10 Å². The largest absolute Gasteiger partial charge is 0.491 e. The Labute approximate surface area is 153 Å². The van der Waals surface area contributed by atoms with Crippen LogP contribution in [0.2, 0.25) is 0 Å². The van der Waals surface area contributed by atoms with Gasteiger partial charge in [-0.25, -0.2) is 0 Å². The highest BCUT2D eigenvalue weighted by Crippen LogP contribution is 2.22. The van der Waals surface area contributed by atoms with Crippen LogP contribution in [-0.4, -0.2) is 12.7 Å². The van der Waals surface area contributed by atoms with Crippen molar-refractivity contribution in [3.63, 3.8) is 0 Å². The Bertz CT molecular complexity index is 630. The third-order valence-corrected chi connectivity index (χ3v) is 3.38. The Balaban J connectivity index is 0.000000257. The minimum absolute atomic E-state index is 0.217. The zero-order valence-corrected chi connectivity index (χ0v) is 16.3. The Kier molecular flexibility index (Phi) is 9.64. The van der Waals surface area contributed by atoms with E-state index in [0.717, 1.165) is 36.5 Å². The Morgan fingerprint density at radius 3 is 2.32 bits per heavy atom. The SMILES string of the molecule is C=C(C)c1cc(C)cc(OC(C)C)c1.CCCOCc1ccccc1. The molecule has 136 valence electrons. The summed E-state index contributed by atoms with van der Waals surface area (Å²) in [4.78, 5) is 0. The lowest BCUT2D eigenvalue weighted by atomic mass is 10.1. The van der Waals surface area contributed by atoms with Crippen LogP contribution in [0.15, 0.2) is 55.1 Å². The smallest absolute Gasteiger partial charge is 0.120 e. The van der Waals surface area contributed by atoms with E-state index in [4.69, 9.17) is 9.47 Å². The van der Waals surface area contributed by atoms with E-state index < -0.39 is 0 Å². The molecule has 0 spiro atoms. The lowest BCUT2D eigenvalue weighted by Crippen LogP contribution is -2.05. The first kappa shape index (κ1) is 21.0. The summed E-state index contributed by atoms with van der Waals surface area (Å²) in [5.74, 6) is 0.929. The van der Waals surface area contributed by atoms with Gasteiger partial charge in [-0.2, -0.15) is 0 Å². The number of allylic oxidation sites excluding steroid dienone is 1. The molecule has 0 N–H and O–H groups in total. The summed E-state index contributed by atoms with van der Waals surface area (Å²) in [7, 11) is 0. The second-order valence-corrected chi connectivity index (χ2v) is 6.52. The first-order valence-electron chi connectivity index (χ1n) is 8.98. The van der Waals surface area contributed by atoms with Crippen molar-refractivity contribution in [1.82, 2.24) is 0 Å². The maximum absolute atomic E-state index is 5.64. The molecule has 0 heterocycles. The summed E-state index contributed by atoms with van der Waals surface area (Å²) >= 11 is 0. The molecule has 0 atom stereocenters. The van der Waals surface area contributed by atoms with Crippen LogP contribution in [0, 0.1) is 6.92 Å². The average Bonchev–Trinajstić information content (AvgIpc) is 2.55. The van der Waals surface area contributed by atoms with Crippen LogP contribution >= 0.6 is 0 Å². The van der Waals surface area contributed by atoms with Gasteiger partial charge in [0.25, 0.3) is 0 Å². The van der Waals surface area contributed by atoms with Crippen molar-refractivity contribution in [3.8, 4) is 5.75 Å². The predicted molar refractivity (Wildman–Crippen MR) is 108 cm³/mol. The molecule has 0 amide bonds. The monoisotopic (exact) mass is 340 g/mol. The molecule has 2 aromatic rings. The van der Waals surface area contributed by atoms with E-state index in [2.05, 4.69) is 38.6 Å². The van der Waals surface area contributed by atoms with Gasteiger partial charge >= 0.3 is 0 Å². The van der Waals surface area contributed by atoms with Gasteiger partial charge in [0.15, 0.2) is 0 Å². The van der Waals surface area contributed by atoms with Gasteiger partial charge in [0, 0.05) is 6.61 Å². The van der Waals surface area contributed by atoms with Gasteiger partial charge < -0.3 is 9.47 Å². The third kappa shape index (κ3) is 9.11. The minimum Gasteiger partial charge on any atom is -0.491 e. The summed E-state index contributed by atoms with van der Waals surface area (Å²) in [6.45, 7) is 15.8. The van der Waals surface area contributed by atoms with Crippen molar-refractivity contribution in [3.05, 3.63) is 71.8 Å². The normalized spacial score (nSPS) is 10.2. The highest BCUT2D eigenvalue weighted by Gasteiger charge is 2.01. The molecule has 2 nitrogen and oxygen atoms in total. The molecular formula is C23H32O2. The standard InChI is InChI=1S/C13H18O.C10H14O/c1-9(2)12-6-11(5)7-13(8-12)14-10(3)4;1-2-8-11-9-10-6-4-3-5-7-10/h6-8,10H,1H2,2-5H3;3-7H,2,8-9H2,1H3. The lowest BCUT2D eigenvalue weighted by Gasteiger charge is -2.12. The van der Waals surface area contributed by atoms with Crippen molar-refractivity contribution in [1.29, 1.82) is 0 Å². The zero-order valence-electron chi connectivity index (χ0n) is 16.3. The van der Waals surface area contributed by atoms with Gasteiger partial charge in [-0.05, 0) is 62.9 Å². The molecule has 2 heteroatoms. The maximum Gasteiger partial charge on any atom is 0.120 e. The van der Waals surface area contributed by atoms with Crippen LogP contribution in [0.5, 0.6) is 5.75 Å². The fourth-order valence-corrected chi connectivity index (χ4v) is 2.24. The van der Waals surface area contributed by atoms with E-state index in [0.29, 0.717) is 0 Å². The molecule has 0 saturated carbocycles. The fraction of sp³-hybridized carbons (Fsp3) is 0.391. The molecule has 0 saturated heterocycles. The van der Waals surface area contributed by atoms with Crippen molar-refractivity contribution in [2.45, 2.75) is 53.8 Å². The van der Waals surface area contributed by atoms with Crippen LogP contribution in [0.1, 0.15) is 50.8 Å². The van der Waals surface area contributed by atoms with Crippen LogP contribution < -0.4 is 4.74 Å². The quantitative estimate of drug-likeness (QED) is 0.541. The number of ether oxygens (including phenoxy) is 2. The van der Waals surface area contributed by atoms with Crippen LogP contribution in [0.3, 0.4) is 0 Å².